The average molecular weight is 617 g/mol. The van der Waals surface area contributed by atoms with Crippen molar-refractivity contribution in [3.63, 3.8) is 0 Å². The number of para-hydroxylation sites is 1. The Morgan fingerprint density at radius 1 is 1.02 bits per heavy atom. The van der Waals surface area contributed by atoms with Gasteiger partial charge in [-0.2, -0.15) is 26.3 Å². The molecule has 3 amide bonds. The van der Waals surface area contributed by atoms with Gasteiger partial charge in [0.25, 0.3) is 0 Å². The molecule has 2 fully saturated rings. The molecule has 0 unspecified atom stereocenters. The molecular formula is C28H30F6N4O5. The van der Waals surface area contributed by atoms with E-state index in [0.717, 1.165) is 4.90 Å². The van der Waals surface area contributed by atoms with E-state index >= 15 is 0 Å². The van der Waals surface area contributed by atoms with Crippen LogP contribution < -0.4 is 10.5 Å². The number of nitrogens with two attached hydrogens (primary N) is 1. The molecule has 234 valence electrons. The zero-order valence-electron chi connectivity index (χ0n) is 23.1. The molecule has 9 nitrogen and oxygen atoms in total. The molecule has 2 aliphatic rings. The number of alkyl halides is 6. The number of fused-ring (bicyclic) bond motifs is 1. The number of hydrogen-bond acceptors (Lipinski definition) is 6. The van der Waals surface area contributed by atoms with Crippen molar-refractivity contribution >= 4 is 17.9 Å². The van der Waals surface area contributed by atoms with Crippen LogP contribution in [-0.4, -0.2) is 71.1 Å². The SMILES string of the molecule is CCOc1ccccc1CN1C[C@@H]2N(C(=O)OCc3cc(C(F)(F)F)cc(C(F)(F)F)c3)CCC(=O)N2[C@@H](CCN)C1=O. The standard InChI is InChI=1S/C28H30F6N4O5/c1-2-42-22-6-4-3-5-18(22)14-36-15-23-37(10-8-24(39)38(23)21(7-9-35)25(36)40)26(41)43-16-17-11-19(27(29,30)31)13-20(12-17)28(32,33)34/h3-6,11-13,21,23H,2,7-10,14-16,35H2,1H3/t21-,23+/m0/s1. The second-order valence-electron chi connectivity index (χ2n) is 10.0. The number of piperazine rings is 1. The molecule has 0 saturated carbocycles. The maximum absolute atomic E-state index is 13.5. The summed E-state index contributed by atoms with van der Waals surface area (Å²) in [7, 11) is 0. The Hall–Kier alpha value is -4.01. The molecule has 43 heavy (non-hydrogen) atoms. The van der Waals surface area contributed by atoms with Crippen LogP contribution in [0.2, 0.25) is 0 Å². The van der Waals surface area contributed by atoms with Crippen LogP contribution >= 0.6 is 0 Å². The van der Waals surface area contributed by atoms with Gasteiger partial charge in [-0.1, -0.05) is 18.2 Å². The van der Waals surface area contributed by atoms with E-state index in [4.69, 9.17) is 15.2 Å². The number of halogens is 6. The Labute approximate surface area is 243 Å². The second-order valence-corrected chi connectivity index (χ2v) is 10.0. The van der Waals surface area contributed by atoms with Gasteiger partial charge in [0.1, 0.15) is 24.6 Å². The summed E-state index contributed by atoms with van der Waals surface area (Å²) in [6, 6.07) is 6.98. The van der Waals surface area contributed by atoms with Crippen LogP contribution in [0.25, 0.3) is 0 Å². The minimum atomic E-state index is -5.06. The lowest BCUT2D eigenvalue weighted by Gasteiger charge is -2.51. The normalized spacial score (nSPS) is 19.4. The van der Waals surface area contributed by atoms with E-state index in [1.807, 2.05) is 0 Å². The molecule has 2 heterocycles. The molecule has 2 N–H and O–H groups in total. The molecule has 0 aliphatic carbocycles. The number of carbonyl (C=O) groups is 3. The van der Waals surface area contributed by atoms with Crippen LogP contribution in [-0.2, 0) is 39.8 Å². The maximum Gasteiger partial charge on any atom is 0.416 e. The van der Waals surface area contributed by atoms with Gasteiger partial charge in [0.05, 0.1) is 24.3 Å². The van der Waals surface area contributed by atoms with Crippen molar-refractivity contribution in [3.05, 3.63) is 64.7 Å². The van der Waals surface area contributed by atoms with Crippen LogP contribution in [0, 0.1) is 0 Å². The summed E-state index contributed by atoms with van der Waals surface area (Å²) in [5, 5.41) is 0. The van der Waals surface area contributed by atoms with E-state index in [2.05, 4.69) is 0 Å². The van der Waals surface area contributed by atoms with E-state index in [1.165, 1.54) is 9.80 Å². The maximum atomic E-state index is 13.5. The minimum Gasteiger partial charge on any atom is -0.494 e. The monoisotopic (exact) mass is 616 g/mol. The van der Waals surface area contributed by atoms with Crippen LogP contribution in [0.5, 0.6) is 5.75 Å². The van der Waals surface area contributed by atoms with Crippen LogP contribution in [0.4, 0.5) is 31.1 Å². The summed E-state index contributed by atoms with van der Waals surface area (Å²) in [4.78, 5) is 43.6. The first-order valence-electron chi connectivity index (χ1n) is 13.5. The molecule has 2 aromatic carbocycles. The molecule has 0 radical (unpaired) electrons. The van der Waals surface area contributed by atoms with Gasteiger partial charge < -0.3 is 25.0 Å². The Morgan fingerprint density at radius 2 is 1.67 bits per heavy atom. The Balaban J connectivity index is 1.59. The predicted molar refractivity (Wildman–Crippen MR) is 139 cm³/mol. The van der Waals surface area contributed by atoms with Gasteiger partial charge in [0.15, 0.2) is 0 Å². The average Bonchev–Trinajstić information content (AvgIpc) is 2.94. The Bertz CT molecular complexity index is 1320. The highest BCUT2D eigenvalue weighted by molar-refractivity contribution is 5.90. The largest absolute Gasteiger partial charge is 0.494 e. The van der Waals surface area contributed by atoms with E-state index in [1.54, 1.807) is 31.2 Å². The van der Waals surface area contributed by atoms with E-state index in [0.29, 0.717) is 30.1 Å². The third-order valence-electron chi connectivity index (χ3n) is 7.17. The molecule has 0 bridgehead atoms. The predicted octanol–water partition coefficient (Wildman–Crippen LogP) is 4.38. The summed E-state index contributed by atoms with van der Waals surface area (Å²) in [6.07, 6.45) is -12.3. The smallest absolute Gasteiger partial charge is 0.416 e. The van der Waals surface area contributed by atoms with Crippen LogP contribution in [0.15, 0.2) is 42.5 Å². The fraction of sp³-hybridized carbons (Fsp3) is 0.464. The van der Waals surface area contributed by atoms with Gasteiger partial charge in [0, 0.05) is 25.1 Å². The quantitative estimate of drug-likeness (QED) is 0.442. The lowest BCUT2D eigenvalue weighted by atomic mass is 10.0. The zero-order chi connectivity index (χ0) is 31.5. The Kier molecular flexibility index (Phi) is 9.42. The lowest BCUT2D eigenvalue weighted by molar-refractivity contribution is -0.168. The fourth-order valence-electron chi connectivity index (χ4n) is 5.24. The van der Waals surface area contributed by atoms with Gasteiger partial charge in [-0.05, 0) is 49.7 Å². The summed E-state index contributed by atoms with van der Waals surface area (Å²) >= 11 is 0. The van der Waals surface area contributed by atoms with Gasteiger partial charge in [-0.25, -0.2) is 4.79 Å². The molecule has 2 atom stereocenters. The van der Waals surface area contributed by atoms with Crippen molar-refractivity contribution in [1.29, 1.82) is 0 Å². The Morgan fingerprint density at radius 3 is 2.28 bits per heavy atom. The number of carbonyl (C=O) groups excluding carboxylic acids is 3. The number of rotatable bonds is 8. The molecule has 4 rings (SSSR count). The molecule has 0 aromatic heterocycles. The van der Waals surface area contributed by atoms with Gasteiger partial charge in [-0.3, -0.25) is 14.5 Å². The fourth-order valence-corrected chi connectivity index (χ4v) is 5.24. The molecule has 2 aromatic rings. The van der Waals surface area contributed by atoms with Gasteiger partial charge in [0.2, 0.25) is 11.8 Å². The summed E-state index contributed by atoms with van der Waals surface area (Å²) in [6.45, 7) is 1.17. The number of nitrogens with zero attached hydrogens (tertiary/aromatic N) is 3. The van der Waals surface area contributed by atoms with Crippen molar-refractivity contribution in [1.82, 2.24) is 14.7 Å². The molecule has 0 spiro atoms. The first kappa shape index (κ1) is 31.9. The van der Waals surface area contributed by atoms with Gasteiger partial charge in [-0.15, -0.1) is 0 Å². The van der Waals surface area contributed by atoms with Crippen molar-refractivity contribution < 1.29 is 50.2 Å². The number of hydrogen-bond donors (Lipinski definition) is 1. The highest BCUT2D eigenvalue weighted by Gasteiger charge is 2.49. The third kappa shape index (κ3) is 7.14. The highest BCUT2D eigenvalue weighted by atomic mass is 19.4. The summed E-state index contributed by atoms with van der Waals surface area (Å²) in [5.74, 6) is -0.242. The van der Waals surface area contributed by atoms with Crippen LogP contribution in [0.1, 0.15) is 42.0 Å². The van der Waals surface area contributed by atoms with Gasteiger partial charge >= 0.3 is 18.4 Å². The topological polar surface area (TPSA) is 105 Å². The first-order chi connectivity index (χ1) is 20.2. The van der Waals surface area contributed by atoms with Crippen molar-refractivity contribution in [3.8, 4) is 5.75 Å². The number of ether oxygens (including phenoxy) is 2. The van der Waals surface area contributed by atoms with E-state index in [-0.39, 0.29) is 51.0 Å². The number of amides is 3. The highest BCUT2D eigenvalue weighted by Crippen LogP contribution is 2.37. The molecule has 2 saturated heterocycles. The van der Waals surface area contributed by atoms with Crippen molar-refractivity contribution in [2.75, 3.05) is 26.2 Å². The molecule has 2 aliphatic heterocycles. The zero-order valence-corrected chi connectivity index (χ0v) is 23.1. The first-order valence-corrected chi connectivity index (χ1v) is 13.5. The number of benzene rings is 2. The molecular weight excluding hydrogens is 586 g/mol. The molecule has 15 heteroatoms. The minimum absolute atomic E-state index is 0.0195. The summed E-state index contributed by atoms with van der Waals surface area (Å²) in [5.41, 5.74) is 2.83. The summed E-state index contributed by atoms with van der Waals surface area (Å²) < 4.78 is 90.5. The third-order valence-corrected chi connectivity index (χ3v) is 7.17. The van der Waals surface area contributed by atoms with E-state index in [9.17, 15) is 40.7 Å². The lowest BCUT2D eigenvalue weighted by Crippen LogP contribution is -2.71. The second kappa shape index (κ2) is 12.7. The van der Waals surface area contributed by atoms with Crippen molar-refractivity contribution in [2.45, 2.75) is 57.5 Å². The van der Waals surface area contributed by atoms with Crippen LogP contribution in [0.3, 0.4) is 0 Å². The van der Waals surface area contributed by atoms with E-state index < -0.39 is 59.9 Å². The van der Waals surface area contributed by atoms with Crippen molar-refractivity contribution in [2.24, 2.45) is 5.73 Å².